The molecule has 5 nitrogen and oxygen atoms in total. The molecule has 0 bridgehead atoms. The summed E-state index contributed by atoms with van der Waals surface area (Å²) in [5.41, 5.74) is 1.75. The van der Waals surface area contributed by atoms with Crippen LogP contribution in [0.3, 0.4) is 0 Å². The molecule has 0 saturated heterocycles. The van der Waals surface area contributed by atoms with Crippen molar-refractivity contribution in [1.29, 1.82) is 0 Å². The van der Waals surface area contributed by atoms with Gasteiger partial charge in [0.25, 0.3) is 0 Å². The summed E-state index contributed by atoms with van der Waals surface area (Å²) < 4.78 is 15.4. The number of hydrogen-bond acceptors (Lipinski definition) is 3. The fraction of sp³-hybridized carbons (Fsp3) is 0.444. The average molecular weight is 330 g/mol. The highest BCUT2D eigenvalue weighted by Crippen LogP contribution is 2.19. The second-order valence-electron chi connectivity index (χ2n) is 6.58. The molecule has 1 atom stereocenters. The number of nitrogens with zero attached hydrogens (tertiary/aromatic N) is 4. The van der Waals surface area contributed by atoms with Crippen molar-refractivity contribution in [2.75, 3.05) is 20.6 Å². The highest BCUT2D eigenvalue weighted by molar-refractivity contribution is 5.79. The minimum absolute atomic E-state index is 0.0297. The monoisotopic (exact) mass is 330 g/mol. The zero-order valence-electron chi connectivity index (χ0n) is 14.2. The van der Waals surface area contributed by atoms with Gasteiger partial charge in [0.2, 0.25) is 5.91 Å². The maximum atomic E-state index is 13.4. The van der Waals surface area contributed by atoms with Crippen molar-refractivity contribution in [2.24, 2.45) is 0 Å². The molecule has 0 fully saturated rings. The second kappa shape index (κ2) is 7.13. The molecule has 0 spiro atoms. The van der Waals surface area contributed by atoms with Gasteiger partial charge in [-0.05, 0) is 44.3 Å². The van der Waals surface area contributed by atoms with Crippen LogP contribution < -0.4 is 0 Å². The number of likely N-dealkylation sites (N-methyl/N-ethyl adjacent to an activating group) is 1. The molecule has 2 aromatic rings. The summed E-state index contributed by atoms with van der Waals surface area (Å²) in [6.45, 7) is 2.16. The maximum absolute atomic E-state index is 13.4. The molecule has 1 aliphatic heterocycles. The molecule has 6 heteroatoms. The highest BCUT2D eigenvalue weighted by Gasteiger charge is 2.28. The van der Waals surface area contributed by atoms with Crippen molar-refractivity contribution in [2.45, 2.75) is 32.0 Å². The zero-order chi connectivity index (χ0) is 17.1. The van der Waals surface area contributed by atoms with Crippen LogP contribution in [0.2, 0.25) is 0 Å². The van der Waals surface area contributed by atoms with Gasteiger partial charge in [-0.2, -0.15) is 5.10 Å². The van der Waals surface area contributed by atoms with Gasteiger partial charge in [-0.25, -0.2) is 4.39 Å². The lowest BCUT2D eigenvalue weighted by Gasteiger charge is -2.32. The minimum Gasteiger partial charge on any atom is -0.332 e. The van der Waals surface area contributed by atoms with Gasteiger partial charge in [0, 0.05) is 25.3 Å². The Bertz CT molecular complexity index is 713. The van der Waals surface area contributed by atoms with Crippen LogP contribution in [-0.4, -0.2) is 52.2 Å². The molecule has 0 N–H and O–H groups in total. The second-order valence-corrected chi connectivity index (χ2v) is 6.58. The first kappa shape index (κ1) is 16.6. The van der Waals surface area contributed by atoms with Crippen LogP contribution in [0.25, 0.3) is 0 Å². The number of carbonyl (C=O) groups excluding carboxylic acids is 1. The summed E-state index contributed by atoms with van der Waals surface area (Å²) in [7, 11) is 4.03. The van der Waals surface area contributed by atoms with E-state index in [4.69, 9.17) is 0 Å². The molecule has 24 heavy (non-hydrogen) atoms. The molecular weight excluding hydrogens is 307 g/mol. The molecule has 0 aliphatic carbocycles. The van der Waals surface area contributed by atoms with Crippen LogP contribution in [0.4, 0.5) is 4.39 Å². The summed E-state index contributed by atoms with van der Waals surface area (Å²) >= 11 is 0. The molecule has 128 valence electrons. The number of aryl methyl sites for hydroxylation is 1. The topological polar surface area (TPSA) is 41.4 Å². The number of benzene rings is 1. The Morgan fingerprint density at radius 2 is 2.21 bits per heavy atom. The van der Waals surface area contributed by atoms with Crippen molar-refractivity contribution in [3.8, 4) is 0 Å². The summed E-state index contributed by atoms with van der Waals surface area (Å²) in [6, 6.07) is 8.36. The molecule has 2 heterocycles. The van der Waals surface area contributed by atoms with Crippen LogP contribution in [-0.2, 0) is 24.3 Å². The largest absolute Gasteiger partial charge is 0.332 e. The Morgan fingerprint density at radius 1 is 1.38 bits per heavy atom. The van der Waals surface area contributed by atoms with E-state index in [2.05, 4.69) is 10.00 Å². The third-order valence-electron chi connectivity index (χ3n) is 4.39. The summed E-state index contributed by atoms with van der Waals surface area (Å²) in [4.78, 5) is 16.9. The molecular formula is C18H23FN4O. The number of hydrogen-bond donors (Lipinski definition) is 0. The first-order valence-electron chi connectivity index (χ1n) is 8.22. The van der Waals surface area contributed by atoms with Crippen molar-refractivity contribution >= 4 is 5.91 Å². The van der Waals surface area contributed by atoms with E-state index in [1.165, 1.54) is 12.1 Å². The third kappa shape index (κ3) is 3.82. The number of fused-ring (bicyclic) bond motifs is 1. The summed E-state index contributed by atoms with van der Waals surface area (Å²) in [5.74, 6) is -0.277. The van der Waals surface area contributed by atoms with Gasteiger partial charge in [0.15, 0.2) is 0 Å². The standard InChI is InChI=1S/C18H23FN4O/c1-21(2)12-16-7-9-23-17(6-8-20-23)13-22(16)18(24)11-14-4-3-5-15(19)10-14/h3-6,8,10,16H,7,9,11-13H2,1-2H3/t16-/m1/s1. The van der Waals surface area contributed by atoms with Gasteiger partial charge in [0.05, 0.1) is 18.7 Å². The molecule has 1 aliphatic rings. The van der Waals surface area contributed by atoms with Gasteiger partial charge in [-0.1, -0.05) is 12.1 Å². The number of aromatic nitrogens is 2. The van der Waals surface area contributed by atoms with E-state index in [9.17, 15) is 9.18 Å². The molecule has 0 radical (unpaired) electrons. The van der Waals surface area contributed by atoms with Crippen LogP contribution in [0.1, 0.15) is 17.7 Å². The predicted molar refractivity (Wildman–Crippen MR) is 89.8 cm³/mol. The fourth-order valence-corrected chi connectivity index (χ4v) is 3.25. The average Bonchev–Trinajstić information content (AvgIpc) is 2.89. The quantitative estimate of drug-likeness (QED) is 0.860. The lowest BCUT2D eigenvalue weighted by molar-refractivity contribution is -0.133. The third-order valence-corrected chi connectivity index (χ3v) is 4.39. The van der Waals surface area contributed by atoms with Crippen molar-refractivity contribution in [3.05, 3.63) is 53.6 Å². The van der Waals surface area contributed by atoms with Gasteiger partial charge >= 0.3 is 0 Å². The van der Waals surface area contributed by atoms with E-state index in [1.54, 1.807) is 18.3 Å². The Hall–Kier alpha value is -2.21. The molecule has 0 saturated carbocycles. The number of halogens is 1. The van der Waals surface area contributed by atoms with Crippen molar-refractivity contribution in [3.63, 3.8) is 0 Å². The van der Waals surface area contributed by atoms with Gasteiger partial charge in [0.1, 0.15) is 5.82 Å². The lowest BCUT2D eigenvalue weighted by atomic mass is 10.1. The predicted octanol–water partition coefficient (Wildman–Crippen LogP) is 1.93. The normalized spacial score (nSPS) is 17.7. The van der Waals surface area contributed by atoms with E-state index in [-0.39, 0.29) is 24.2 Å². The van der Waals surface area contributed by atoms with E-state index < -0.39 is 0 Å². The first-order chi connectivity index (χ1) is 11.5. The number of amides is 1. The summed E-state index contributed by atoms with van der Waals surface area (Å²) in [6.07, 6.45) is 2.86. The van der Waals surface area contributed by atoms with E-state index in [0.717, 1.165) is 25.2 Å². The molecule has 1 amide bonds. The van der Waals surface area contributed by atoms with Crippen molar-refractivity contribution < 1.29 is 9.18 Å². The summed E-state index contributed by atoms with van der Waals surface area (Å²) in [5, 5.41) is 4.34. The van der Waals surface area contributed by atoms with E-state index >= 15 is 0 Å². The van der Waals surface area contributed by atoms with Crippen molar-refractivity contribution in [1.82, 2.24) is 19.6 Å². The minimum atomic E-state index is -0.306. The molecule has 3 rings (SSSR count). The first-order valence-corrected chi connectivity index (χ1v) is 8.22. The van der Waals surface area contributed by atoms with Crippen LogP contribution in [0, 0.1) is 5.82 Å². The van der Waals surface area contributed by atoms with Gasteiger partial charge in [-0.3, -0.25) is 9.48 Å². The number of rotatable bonds is 4. The Balaban J connectivity index is 1.81. The Kier molecular flexibility index (Phi) is 4.94. The van der Waals surface area contributed by atoms with E-state index in [0.29, 0.717) is 12.1 Å². The SMILES string of the molecule is CN(C)C[C@H]1CCn2nccc2CN1C(=O)Cc1cccc(F)c1. The molecule has 1 aromatic carbocycles. The maximum Gasteiger partial charge on any atom is 0.227 e. The molecule has 0 unspecified atom stereocenters. The number of carbonyl (C=O) groups is 1. The van der Waals surface area contributed by atoms with Crippen LogP contribution in [0.5, 0.6) is 0 Å². The van der Waals surface area contributed by atoms with Crippen LogP contribution in [0.15, 0.2) is 36.5 Å². The zero-order valence-corrected chi connectivity index (χ0v) is 14.2. The smallest absolute Gasteiger partial charge is 0.227 e. The molecule has 1 aromatic heterocycles. The van der Waals surface area contributed by atoms with E-state index in [1.807, 2.05) is 29.7 Å². The Labute approximate surface area is 141 Å². The van der Waals surface area contributed by atoms with Gasteiger partial charge in [-0.15, -0.1) is 0 Å². The Morgan fingerprint density at radius 3 is 2.96 bits per heavy atom. The highest BCUT2D eigenvalue weighted by atomic mass is 19.1. The lowest BCUT2D eigenvalue weighted by Crippen LogP contribution is -2.45. The van der Waals surface area contributed by atoms with Crippen LogP contribution >= 0.6 is 0 Å². The fourth-order valence-electron chi connectivity index (χ4n) is 3.25. The van der Waals surface area contributed by atoms with Gasteiger partial charge < -0.3 is 9.80 Å².